The Kier molecular flexibility index (Phi) is 5.27. The van der Waals surface area contributed by atoms with Crippen molar-refractivity contribution in [2.24, 2.45) is 17.6 Å². The summed E-state index contributed by atoms with van der Waals surface area (Å²) in [6.45, 7) is 14.0. The Balaban J connectivity index is 1.88. The molecule has 0 aromatic heterocycles. The summed E-state index contributed by atoms with van der Waals surface area (Å²) >= 11 is 0. The van der Waals surface area contributed by atoms with Gasteiger partial charge in [-0.3, -0.25) is 4.90 Å². The first-order valence-corrected chi connectivity index (χ1v) is 8.23. The van der Waals surface area contributed by atoms with Crippen molar-refractivity contribution in [2.75, 3.05) is 39.3 Å². The van der Waals surface area contributed by atoms with Crippen LogP contribution in [0, 0.1) is 11.8 Å². The van der Waals surface area contributed by atoms with Crippen molar-refractivity contribution >= 4 is 0 Å². The van der Waals surface area contributed by atoms with Gasteiger partial charge in [0.15, 0.2) is 0 Å². The molecule has 1 heterocycles. The second kappa shape index (κ2) is 6.55. The topological polar surface area (TPSA) is 32.5 Å². The third-order valence-electron chi connectivity index (χ3n) is 5.25. The fourth-order valence-corrected chi connectivity index (χ4v) is 3.87. The van der Waals surface area contributed by atoms with Crippen molar-refractivity contribution < 1.29 is 0 Å². The largest absolute Gasteiger partial charge is 0.329 e. The maximum atomic E-state index is 6.17. The maximum Gasteiger partial charge on any atom is 0.0333 e. The third kappa shape index (κ3) is 3.71. The third-order valence-corrected chi connectivity index (χ3v) is 5.25. The average Bonchev–Trinajstić information content (AvgIpc) is 2.40. The molecule has 0 bridgehead atoms. The highest BCUT2D eigenvalue weighted by Gasteiger charge is 2.39. The van der Waals surface area contributed by atoms with E-state index in [-0.39, 0.29) is 0 Å². The van der Waals surface area contributed by atoms with Crippen LogP contribution in [0.5, 0.6) is 0 Å². The average molecular weight is 267 g/mol. The molecule has 1 saturated carbocycles. The van der Waals surface area contributed by atoms with Crippen LogP contribution in [0.1, 0.15) is 46.5 Å². The lowest BCUT2D eigenvalue weighted by atomic mass is 9.75. The van der Waals surface area contributed by atoms with Crippen molar-refractivity contribution in [3.8, 4) is 0 Å². The van der Waals surface area contributed by atoms with Crippen LogP contribution in [0.25, 0.3) is 0 Å². The Morgan fingerprint density at radius 2 is 1.68 bits per heavy atom. The second-order valence-corrected chi connectivity index (χ2v) is 7.29. The van der Waals surface area contributed by atoms with Gasteiger partial charge in [0.1, 0.15) is 0 Å². The summed E-state index contributed by atoms with van der Waals surface area (Å²) < 4.78 is 0. The Morgan fingerprint density at radius 3 is 2.16 bits per heavy atom. The first-order valence-electron chi connectivity index (χ1n) is 8.23. The Bertz CT molecular complexity index is 261. The number of nitrogens with zero attached hydrogens (tertiary/aromatic N) is 2. The lowest BCUT2D eigenvalue weighted by Crippen LogP contribution is -2.61. The summed E-state index contributed by atoms with van der Waals surface area (Å²) in [5.74, 6) is 1.69. The molecule has 3 heteroatoms. The van der Waals surface area contributed by atoms with E-state index in [0.717, 1.165) is 18.4 Å². The Hall–Kier alpha value is -0.120. The first-order chi connectivity index (χ1) is 9.05. The van der Waals surface area contributed by atoms with Gasteiger partial charge in [-0.25, -0.2) is 0 Å². The molecule has 2 N–H and O–H groups in total. The van der Waals surface area contributed by atoms with Crippen LogP contribution in [0.2, 0.25) is 0 Å². The van der Waals surface area contributed by atoms with Gasteiger partial charge in [0, 0.05) is 44.8 Å². The number of hydrogen-bond donors (Lipinski definition) is 1. The molecule has 1 aliphatic heterocycles. The highest BCUT2D eigenvalue weighted by Crippen LogP contribution is 2.36. The minimum atomic E-state index is 0.330. The zero-order valence-electron chi connectivity index (χ0n) is 13.2. The van der Waals surface area contributed by atoms with Gasteiger partial charge in [0.2, 0.25) is 0 Å². The van der Waals surface area contributed by atoms with Gasteiger partial charge in [-0.2, -0.15) is 0 Å². The molecule has 19 heavy (non-hydrogen) atoms. The SMILES string of the molecule is CC(C)CN1CCN(C2(CN)CCC(C)CC2)CC1. The van der Waals surface area contributed by atoms with E-state index < -0.39 is 0 Å². The van der Waals surface area contributed by atoms with Gasteiger partial charge in [-0.1, -0.05) is 20.8 Å². The summed E-state index contributed by atoms with van der Waals surface area (Å²) in [7, 11) is 0. The van der Waals surface area contributed by atoms with E-state index >= 15 is 0 Å². The van der Waals surface area contributed by atoms with Crippen LogP contribution in [-0.4, -0.2) is 54.6 Å². The van der Waals surface area contributed by atoms with Crippen molar-refractivity contribution in [2.45, 2.75) is 52.0 Å². The second-order valence-electron chi connectivity index (χ2n) is 7.29. The Labute approximate surface area is 119 Å². The highest BCUT2D eigenvalue weighted by molar-refractivity contribution is 4.97. The molecule has 0 atom stereocenters. The van der Waals surface area contributed by atoms with Crippen molar-refractivity contribution in [3.05, 3.63) is 0 Å². The summed E-state index contributed by atoms with van der Waals surface area (Å²) in [6.07, 6.45) is 5.36. The van der Waals surface area contributed by atoms with Crippen molar-refractivity contribution in [3.63, 3.8) is 0 Å². The molecule has 0 amide bonds. The molecule has 2 fully saturated rings. The number of piperazine rings is 1. The van der Waals surface area contributed by atoms with E-state index in [1.165, 1.54) is 58.4 Å². The maximum absolute atomic E-state index is 6.17. The predicted octanol–water partition coefficient (Wildman–Crippen LogP) is 2.17. The van der Waals surface area contributed by atoms with E-state index in [1.807, 2.05) is 0 Å². The molecule has 2 rings (SSSR count). The molecule has 112 valence electrons. The van der Waals surface area contributed by atoms with Gasteiger partial charge in [-0.05, 0) is 37.5 Å². The fourth-order valence-electron chi connectivity index (χ4n) is 3.87. The smallest absolute Gasteiger partial charge is 0.0333 e. The van der Waals surface area contributed by atoms with E-state index in [4.69, 9.17) is 5.73 Å². The lowest BCUT2D eigenvalue weighted by molar-refractivity contribution is 0.00293. The van der Waals surface area contributed by atoms with E-state index in [0.29, 0.717) is 5.54 Å². The summed E-state index contributed by atoms with van der Waals surface area (Å²) in [5, 5.41) is 0. The molecule has 2 aliphatic rings. The predicted molar refractivity (Wildman–Crippen MR) is 82.3 cm³/mol. The number of hydrogen-bond acceptors (Lipinski definition) is 3. The number of nitrogens with two attached hydrogens (primary N) is 1. The molecule has 3 nitrogen and oxygen atoms in total. The quantitative estimate of drug-likeness (QED) is 0.847. The monoisotopic (exact) mass is 267 g/mol. The molecule has 1 saturated heterocycles. The zero-order valence-corrected chi connectivity index (χ0v) is 13.2. The summed E-state index contributed by atoms with van der Waals surface area (Å²) in [4.78, 5) is 5.34. The molecular formula is C16H33N3. The minimum absolute atomic E-state index is 0.330. The van der Waals surface area contributed by atoms with Gasteiger partial charge in [0.05, 0.1) is 0 Å². The van der Waals surface area contributed by atoms with Crippen LogP contribution in [0.3, 0.4) is 0 Å². The van der Waals surface area contributed by atoms with Crippen LogP contribution < -0.4 is 5.73 Å². The normalized spacial score (nSPS) is 34.9. The molecule has 0 aromatic rings. The Morgan fingerprint density at radius 1 is 1.11 bits per heavy atom. The highest BCUT2D eigenvalue weighted by atomic mass is 15.3. The molecule has 1 aliphatic carbocycles. The van der Waals surface area contributed by atoms with E-state index in [1.54, 1.807) is 0 Å². The van der Waals surface area contributed by atoms with Gasteiger partial charge in [-0.15, -0.1) is 0 Å². The van der Waals surface area contributed by atoms with E-state index in [9.17, 15) is 0 Å². The van der Waals surface area contributed by atoms with Crippen LogP contribution in [0.15, 0.2) is 0 Å². The molecular weight excluding hydrogens is 234 g/mol. The van der Waals surface area contributed by atoms with Crippen LogP contribution in [-0.2, 0) is 0 Å². The summed E-state index contributed by atoms with van der Waals surface area (Å²) in [5.41, 5.74) is 6.50. The summed E-state index contributed by atoms with van der Waals surface area (Å²) in [6, 6.07) is 0. The fraction of sp³-hybridized carbons (Fsp3) is 1.00. The van der Waals surface area contributed by atoms with E-state index in [2.05, 4.69) is 30.6 Å². The molecule has 0 unspecified atom stereocenters. The number of rotatable bonds is 4. The van der Waals surface area contributed by atoms with Crippen LogP contribution in [0.4, 0.5) is 0 Å². The van der Waals surface area contributed by atoms with Crippen LogP contribution >= 0.6 is 0 Å². The van der Waals surface area contributed by atoms with Gasteiger partial charge in [0.25, 0.3) is 0 Å². The molecule has 0 spiro atoms. The van der Waals surface area contributed by atoms with Gasteiger partial charge < -0.3 is 10.6 Å². The van der Waals surface area contributed by atoms with Gasteiger partial charge >= 0.3 is 0 Å². The van der Waals surface area contributed by atoms with Crippen molar-refractivity contribution in [1.29, 1.82) is 0 Å². The molecule has 0 radical (unpaired) electrons. The lowest BCUT2D eigenvalue weighted by Gasteiger charge is -2.50. The van der Waals surface area contributed by atoms with Crippen molar-refractivity contribution in [1.82, 2.24) is 9.80 Å². The zero-order chi connectivity index (χ0) is 13.9. The first kappa shape index (κ1) is 15.3. The molecule has 0 aromatic carbocycles. The minimum Gasteiger partial charge on any atom is -0.329 e. The standard InChI is InChI=1S/C16H33N3/c1-14(2)12-18-8-10-19(11-9-18)16(13-17)6-4-15(3)5-7-16/h14-15H,4-13,17H2,1-3H3.